The summed E-state index contributed by atoms with van der Waals surface area (Å²) >= 11 is 0.278. The maximum atomic E-state index is 10.2. The quantitative estimate of drug-likeness (QED) is 0.447. The Morgan fingerprint density at radius 2 is 2.67 bits per heavy atom. The third-order valence-electron chi connectivity index (χ3n) is 0.576. The van der Waals surface area contributed by atoms with Gasteiger partial charge >= 0.3 is 41.9 Å². The average molecular weight is 147 g/mol. The summed E-state index contributed by atoms with van der Waals surface area (Å²) in [6.45, 7) is 0. The van der Waals surface area contributed by atoms with Crippen LogP contribution in [-0.2, 0) is 4.79 Å². The first kappa shape index (κ1) is 4.10. The molecule has 0 spiro atoms. The average Bonchev–Trinajstić information content (AvgIpc) is 1.86. The summed E-state index contributed by atoms with van der Waals surface area (Å²) in [5.74, 6) is 0. The second kappa shape index (κ2) is 1.59. The molecule has 0 radical (unpaired) electrons. The predicted molar refractivity (Wildman–Crippen MR) is 24.7 cm³/mol. The first-order valence-corrected chi connectivity index (χ1v) is 3.80. The van der Waals surface area contributed by atoms with E-state index >= 15 is 0 Å². The normalized spacial score (nSPS) is 19.7. The van der Waals surface area contributed by atoms with Crippen LogP contribution >= 0.6 is 0 Å². The number of hydrogen-bond donors (Lipinski definition) is 0. The molecule has 0 atom stereocenters. The molecular formula is C4H4OSe. The first-order valence-electron chi connectivity index (χ1n) is 1.73. The number of carbonyl (C=O) groups excluding carboxylic acids is 1. The van der Waals surface area contributed by atoms with Gasteiger partial charge in [-0.15, -0.1) is 0 Å². The summed E-state index contributed by atoms with van der Waals surface area (Å²) in [5.41, 5.74) is 0. The van der Waals surface area contributed by atoms with E-state index in [-0.39, 0.29) is 15.0 Å². The van der Waals surface area contributed by atoms with Gasteiger partial charge in [0.05, 0.1) is 0 Å². The van der Waals surface area contributed by atoms with E-state index in [0.717, 1.165) is 5.32 Å². The standard InChI is InChI=1S/C4H4OSe/c5-4-2-1-3-6-4/h1-2H,3H2. The molecule has 0 fully saturated rings. The van der Waals surface area contributed by atoms with E-state index in [4.69, 9.17) is 0 Å². The fraction of sp³-hybridized carbons (Fsp3) is 0.250. The Morgan fingerprint density at radius 1 is 1.83 bits per heavy atom. The van der Waals surface area contributed by atoms with Gasteiger partial charge in [0.15, 0.2) is 0 Å². The third-order valence-corrected chi connectivity index (χ3v) is 2.21. The van der Waals surface area contributed by atoms with Crippen molar-refractivity contribution in [2.75, 3.05) is 0 Å². The van der Waals surface area contributed by atoms with Crippen molar-refractivity contribution in [1.82, 2.24) is 0 Å². The number of carbonyl (C=O) groups is 1. The molecular weight excluding hydrogens is 143 g/mol. The van der Waals surface area contributed by atoms with Crippen LogP contribution in [0.3, 0.4) is 0 Å². The first-order chi connectivity index (χ1) is 2.89. The Kier molecular flexibility index (Phi) is 1.08. The predicted octanol–water partition coefficient (Wildman–Crippen LogP) is 0.205. The van der Waals surface area contributed by atoms with Crippen molar-refractivity contribution in [3.05, 3.63) is 12.2 Å². The van der Waals surface area contributed by atoms with Gasteiger partial charge in [0.2, 0.25) is 0 Å². The zero-order valence-corrected chi connectivity index (χ0v) is 4.89. The SMILES string of the molecule is O=C1C=CC[Se]1. The van der Waals surface area contributed by atoms with Crippen LogP contribution in [0.25, 0.3) is 0 Å². The topological polar surface area (TPSA) is 17.1 Å². The zero-order chi connectivity index (χ0) is 4.41. The number of allylic oxidation sites excluding steroid dienone is 2. The summed E-state index contributed by atoms with van der Waals surface area (Å²) in [6.07, 6.45) is 3.60. The van der Waals surface area contributed by atoms with E-state index in [2.05, 4.69) is 0 Å². The van der Waals surface area contributed by atoms with Gasteiger partial charge < -0.3 is 0 Å². The van der Waals surface area contributed by atoms with E-state index in [1.807, 2.05) is 6.08 Å². The molecule has 2 heteroatoms. The van der Waals surface area contributed by atoms with Gasteiger partial charge in [-0.25, -0.2) is 0 Å². The Hall–Kier alpha value is -0.0705. The van der Waals surface area contributed by atoms with Crippen molar-refractivity contribution in [3.63, 3.8) is 0 Å². The van der Waals surface area contributed by atoms with Gasteiger partial charge in [0.25, 0.3) is 0 Å². The molecule has 1 heterocycles. The molecule has 0 amide bonds. The van der Waals surface area contributed by atoms with E-state index in [1.165, 1.54) is 0 Å². The summed E-state index contributed by atoms with van der Waals surface area (Å²) in [4.78, 5) is 10.2. The molecule has 0 aromatic carbocycles. The molecule has 1 nitrogen and oxygen atoms in total. The molecule has 6 heavy (non-hydrogen) atoms. The van der Waals surface area contributed by atoms with Crippen LogP contribution in [0.4, 0.5) is 0 Å². The molecule has 0 N–H and O–H groups in total. The van der Waals surface area contributed by atoms with Crippen LogP contribution in [0, 0.1) is 0 Å². The Balaban J connectivity index is 2.59. The molecule has 1 aliphatic rings. The molecule has 0 bridgehead atoms. The van der Waals surface area contributed by atoms with E-state index in [1.54, 1.807) is 6.08 Å². The van der Waals surface area contributed by atoms with Crippen molar-refractivity contribution in [1.29, 1.82) is 0 Å². The minimum atomic E-state index is 0.278. The van der Waals surface area contributed by atoms with Crippen LogP contribution in [0.5, 0.6) is 0 Å². The molecule has 0 saturated carbocycles. The van der Waals surface area contributed by atoms with Crippen LogP contribution in [0.1, 0.15) is 0 Å². The van der Waals surface area contributed by atoms with Crippen molar-refractivity contribution in [2.24, 2.45) is 0 Å². The van der Waals surface area contributed by atoms with Gasteiger partial charge in [0, 0.05) is 0 Å². The summed E-state index contributed by atoms with van der Waals surface area (Å²) in [7, 11) is 0. The van der Waals surface area contributed by atoms with Gasteiger partial charge in [-0.05, 0) is 0 Å². The second-order valence-corrected chi connectivity index (χ2v) is 3.18. The van der Waals surface area contributed by atoms with Crippen LogP contribution in [0.15, 0.2) is 12.2 Å². The summed E-state index contributed by atoms with van der Waals surface area (Å²) < 4.78 is 0.336. The van der Waals surface area contributed by atoms with Gasteiger partial charge in [0.1, 0.15) is 0 Å². The Labute approximate surface area is 42.6 Å². The summed E-state index contributed by atoms with van der Waals surface area (Å²) in [5, 5.41) is 1.02. The maximum absolute atomic E-state index is 10.2. The van der Waals surface area contributed by atoms with Crippen molar-refractivity contribution in [2.45, 2.75) is 5.32 Å². The Morgan fingerprint density at radius 3 is 2.83 bits per heavy atom. The van der Waals surface area contributed by atoms with Gasteiger partial charge in [-0.1, -0.05) is 0 Å². The van der Waals surface area contributed by atoms with Crippen LogP contribution < -0.4 is 0 Å². The molecule has 0 aromatic rings. The molecule has 0 aromatic heterocycles. The Bertz CT molecular complexity index is 95.7. The molecule has 32 valence electrons. The van der Waals surface area contributed by atoms with Crippen molar-refractivity contribution in [3.8, 4) is 0 Å². The monoisotopic (exact) mass is 148 g/mol. The molecule has 1 aliphatic heterocycles. The van der Waals surface area contributed by atoms with Crippen LogP contribution in [0.2, 0.25) is 5.32 Å². The molecule has 0 aliphatic carbocycles. The van der Waals surface area contributed by atoms with Crippen molar-refractivity contribution >= 4 is 19.6 Å². The molecule has 0 unspecified atom stereocenters. The van der Waals surface area contributed by atoms with Gasteiger partial charge in [-0.3, -0.25) is 0 Å². The van der Waals surface area contributed by atoms with Crippen LogP contribution in [-0.4, -0.2) is 19.6 Å². The summed E-state index contributed by atoms with van der Waals surface area (Å²) in [6, 6.07) is 0. The third kappa shape index (κ3) is 0.702. The minimum absolute atomic E-state index is 0.278. The molecule has 1 rings (SSSR count). The number of hydrogen-bond acceptors (Lipinski definition) is 1. The fourth-order valence-electron chi connectivity index (χ4n) is 0.323. The van der Waals surface area contributed by atoms with E-state index < -0.39 is 0 Å². The van der Waals surface area contributed by atoms with E-state index in [0.29, 0.717) is 4.68 Å². The van der Waals surface area contributed by atoms with Crippen molar-refractivity contribution < 1.29 is 4.79 Å². The molecule has 0 saturated heterocycles. The van der Waals surface area contributed by atoms with E-state index in [9.17, 15) is 4.79 Å². The fourth-order valence-corrected chi connectivity index (χ4v) is 1.47. The second-order valence-electron chi connectivity index (χ2n) is 1.03. The zero-order valence-electron chi connectivity index (χ0n) is 3.18. The van der Waals surface area contributed by atoms with Gasteiger partial charge in [-0.2, -0.15) is 0 Å². The number of rotatable bonds is 0.